The van der Waals surface area contributed by atoms with Crippen LogP contribution in [0.25, 0.3) is 0 Å². The first kappa shape index (κ1) is 12.1. The van der Waals surface area contributed by atoms with Crippen LogP contribution in [0.3, 0.4) is 0 Å². The Balaban J connectivity index is 2.22. The van der Waals surface area contributed by atoms with E-state index in [2.05, 4.69) is 5.10 Å². The van der Waals surface area contributed by atoms with Crippen LogP contribution in [0, 0.1) is 5.82 Å². The maximum Gasteiger partial charge on any atom is 0.128 e. The zero-order chi connectivity index (χ0) is 12.4. The second-order valence-corrected chi connectivity index (χ2v) is 4.43. The predicted octanol–water partition coefficient (Wildman–Crippen LogP) is 2.74. The second kappa shape index (κ2) is 4.85. The molecule has 0 amide bonds. The summed E-state index contributed by atoms with van der Waals surface area (Å²) in [5.41, 5.74) is 7.16. The van der Waals surface area contributed by atoms with Gasteiger partial charge in [-0.1, -0.05) is 11.6 Å². The molecule has 0 spiro atoms. The van der Waals surface area contributed by atoms with Gasteiger partial charge in [-0.15, -0.1) is 0 Å². The Morgan fingerprint density at radius 3 is 2.94 bits per heavy atom. The van der Waals surface area contributed by atoms with E-state index in [0.717, 1.165) is 5.56 Å². The molecule has 0 aliphatic heterocycles. The van der Waals surface area contributed by atoms with Crippen molar-refractivity contribution in [2.45, 2.75) is 19.5 Å². The fourth-order valence-corrected chi connectivity index (χ4v) is 1.73. The predicted molar refractivity (Wildman–Crippen MR) is 65.3 cm³/mol. The van der Waals surface area contributed by atoms with Crippen molar-refractivity contribution in [3.63, 3.8) is 0 Å². The van der Waals surface area contributed by atoms with Crippen molar-refractivity contribution in [1.29, 1.82) is 0 Å². The summed E-state index contributed by atoms with van der Waals surface area (Å²) in [5.74, 6) is -0.285. The second-order valence-electron chi connectivity index (χ2n) is 4.00. The zero-order valence-electron chi connectivity index (χ0n) is 9.40. The molecule has 1 unspecified atom stereocenters. The third-order valence-corrected chi connectivity index (χ3v) is 2.75. The Morgan fingerprint density at radius 2 is 2.29 bits per heavy atom. The highest BCUT2D eigenvalue weighted by molar-refractivity contribution is 6.30. The van der Waals surface area contributed by atoms with Crippen molar-refractivity contribution in [2.75, 3.05) is 0 Å². The summed E-state index contributed by atoms with van der Waals surface area (Å²) in [4.78, 5) is 0. The number of benzene rings is 1. The largest absolute Gasteiger partial charge is 0.324 e. The van der Waals surface area contributed by atoms with Gasteiger partial charge in [-0.3, -0.25) is 4.68 Å². The molecule has 1 aromatic heterocycles. The topological polar surface area (TPSA) is 43.8 Å². The molecule has 0 fully saturated rings. The standard InChI is InChI=1S/C12H13ClFN3/c1-8(15)10-5-16-17(7-10)6-9-4-11(13)2-3-12(9)14/h2-5,7-8H,6,15H2,1H3. The van der Waals surface area contributed by atoms with Crippen molar-refractivity contribution in [3.05, 3.63) is 52.6 Å². The smallest absolute Gasteiger partial charge is 0.128 e. The van der Waals surface area contributed by atoms with Crippen LogP contribution in [0.1, 0.15) is 24.1 Å². The van der Waals surface area contributed by atoms with E-state index in [1.165, 1.54) is 12.1 Å². The van der Waals surface area contributed by atoms with Gasteiger partial charge < -0.3 is 5.73 Å². The maximum atomic E-state index is 13.5. The van der Waals surface area contributed by atoms with Crippen molar-refractivity contribution in [3.8, 4) is 0 Å². The van der Waals surface area contributed by atoms with Gasteiger partial charge >= 0.3 is 0 Å². The Hall–Kier alpha value is -1.39. The summed E-state index contributed by atoms with van der Waals surface area (Å²) in [7, 11) is 0. The molecule has 1 atom stereocenters. The fraction of sp³-hybridized carbons (Fsp3) is 0.250. The summed E-state index contributed by atoms with van der Waals surface area (Å²) in [6.07, 6.45) is 3.50. The first-order valence-electron chi connectivity index (χ1n) is 5.28. The molecule has 0 radical (unpaired) electrons. The molecule has 2 N–H and O–H groups in total. The highest BCUT2D eigenvalue weighted by Crippen LogP contribution is 2.16. The van der Waals surface area contributed by atoms with Gasteiger partial charge in [-0.05, 0) is 25.1 Å². The van der Waals surface area contributed by atoms with Crippen LogP contribution < -0.4 is 5.73 Å². The van der Waals surface area contributed by atoms with Crippen LogP contribution in [-0.2, 0) is 6.54 Å². The van der Waals surface area contributed by atoms with Crippen LogP contribution >= 0.6 is 11.6 Å². The minimum Gasteiger partial charge on any atom is -0.324 e. The number of nitrogens with zero attached hydrogens (tertiary/aromatic N) is 2. The molecule has 2 aromatic rings. The minimum atomic E-state index is -0.285. The molecule has 5 heteroatoms. The molecule has 1 heterocycles. The van der Waals surface area contributed by atoms with Crippen LogP contribution in [0.5, 0.6) is 0 Å². The monoisotopic (exact) mass is 253 g/mol. The van der Waals surface area contributed by atoms with Crippen molar-refractivity contribution in [1.82, 2.24) is 9.78 Å². The minimum absolute atomic E-state index is 0.0760. The first-order chi connectivity index (χ1) is 8.06. The number of hydrogen-bond donors (Lipinski definition) is 1. The Labute approximate surface area is 104 Å². The number of aromatic nitrogens is 2. The van der Waals surface area contributed by atoms with Crippen LogP contribution in [-0.4, -0.2) is 9.78 Å². The Kier molecular flexibility index (Phi) is 3.45. The molecule has 0 bridgehead atoms. The average Bonchev–Trinajstić information content (AvgIpc) is 2.72. The number of nitrogens with two attached hydrogens (primary N) is 1. The summed E-state index contributed by atoms with van der Waals surface area (Å²) >= 11 is 5.82. The van der Waals surface area contributed by atoms with E-state index in [1.54, 1.807) is 16.9 Å². The molecule has 0 aliphatic rings. The summed E-state index contributed by atoms with van der Waals surface area (Å²) in [5, 5.41) is 4.65. The normalized spacial score (nSPS) is 12.7. The van der Waals surface area contributed by atoms with Crippen molar-refractivity contribution >= 4 is 11.6 Å². The lowest BCUT2D eigenvalue weighted by atomic mass is 10.2. The lowest BCUT2D eigenvalue weighted by molar-refractivity contribution is 0.585. The number of halogens is 2. The number of hydrogen-bond acceptors (Lipinski definition) is 2. The molecule has 90 valence electrons. The average molecular weight is 254 g/mol. The lowest BCUT2D eigenvalue weighted by Gasteiger charge is -2.04. The molecule has 0 aliphatic carbocycles. The fourth-order valence-electron chi connectivity index (χ4n) is 1.54. The van der Waals surface area contributed by atoms with Gasteiger partial charge in [0, 0.05) is 28.4 Å². The van der Waals surface area contributed by atoms with Gasteiger partial charge in [0.15, 0.2) is 0 Å². The van der Waals surface area contributed by atoms with Crippen LogP contribution in [0.2, 0.25) is 5.02 Å². The highest BCUT2D eigenvalue weighted by atomic mass is 35.5. The van der Waals surface area contributed by atoms with E-state index < -0.39 is 0 Å². The van der Waals surface area contributed by atoms with E-state index in [1.807, 2.05) is 13.1 Å². The molecule has 1 aromatic carbocycles. The summed E-state index contributed by atoms with van der Waals surface area (Å²) in [6.45, 7) is 2.22. The Morgan fingerprint density at radius 1 is 1.53 bits per heavy atom. The molecule has 2 rings (SSSR count). The van der Waals surface area contributed by atoms with Gasteiger partial charge in [-0.25, -0.2) is 4.39 Å². The SMILES string of the molecule is CC(N)c1cnn(Cc2cc(Cl)ccc2F)c1. The van der Waals surface area contributed by atoms with Gasteiger partial charge in [0.25, 0.3) is 0 Å². The van der Waals surface area contributed by atoms with Gasteiger partial charge in [0.2, 0.25) is 0 Å². The van der Waals surface area contributed by atoms with Crippen LogP contribution in [0.4, 0.5) is 4.39 Å². The van der Waals surface area contributed by atoms with E-state index in [4.69, 9.17) is 17.3 Å². The van der Waals surface area contributed by atoms with Crippen molar-refractivity contribution in [2.24, 2.45) is 5.73 Å². The van der Waals surface area contributed by atoms with Gasteiger partial charge in [0.1, 0.15) is 5.82 Å². The zero-order valence-corrected chi connectivity index (χ0v) is 10.2. The maximum absolute atomic E-state index is 13.5. The molecule has 0 saturated heterocycles. The highest BCUT2D eigenvalue weighted by Gasteiger charge is 2.07. The van der Waals surface area contributed by atoms with E-state index in [0.29, 0.717) is 17.1 Å². The third kappa shape index (κ3) is 2.84. The molecule has 3 nitrogen and oxygen atoms in total. The molecule has 17 heavy (non-hydrogen) atoms. The van der Waals surface area contributed by atoms with E-state index in [9.17, 15) is 4.39 Å². The number of rotatable bonds is 3. The summed E-state index contributed by atoms with van der Waals surface area (Å²) in [6, 6.07) is 4.40. The molecular formula is C12H13ClFN3. The summed E-state index contributed by atoms with van der Waals surface area (Å²) < 4.78 is 15.1. The first-order valence-corrected chi connectivity index (χ1v) is 5.66. The Bertz CT molecular complexity index is 522. The van der Waals surface area contributed by atoms with Crippen molar-refractivity contribution < 1.29 is 4.39 Å². The molecular weight excluding hydrogens is 241 g/mol. The third-order valence-electron chi connectivity index (χ3n) is 2.52. The van der Waals surface area contributed by atoms with E-state index >= 15 is 0 Å². The van der Waals surface area contributed by atoms with E-state index in [-0.39, 0.29) is 11.9 Å². The van der Waals surface area contributed by atoms with Gasteiger partial charge in [0.05, 0.1) is 12.7 Å². The van der Waals surface area contributed by atoms with Gasteiger partial charge in [-0.2, -0.15) is 5.10 Å². The van der Waals surface area contributed by atoms with Crippen LogP contribution in [0.15, 0.2) is 30.6 Å². The molecule has 0 saturated carbocycles. The quantitative estimate of drug-likeness (QED) is 0.914. The lowest BCUT2D eigenvalue weighted by Crippen LogP contribution is -2.04.